The number of carboxylic acid groups (broad SMARTS) is 4. The van der Waals surface area contributed by atoms with Gasteiger partial charge < -0.3 is 70.0 Å². The molecule has 24 heteroatoms. The van der Waals surface area contributed by atoms with Crippen molar-refractivity contribution >= 4 is 59.0 Å². The molecule has 2 saturated heterocycles. The second-order valence-corrected chi connectivity index (χ2v) is 15.3. The molecule has 0 aromatic carbocycles. The summed E-state index contributed by atoms with van der Waals surface area (Å²) in [6, 6.07) is 0. The molecule has 0 aliphatic carbocycles. The molecule has 8 N–H and O–H groups in total. The summed E-state index contributed by atoms with van der Waals surface area (Å²) in [6.07, 6.45) is 1.07. The van der Waals surface area contributed by atoms with Crippen molar-refractivity contribution in [3.05, 3.63) is 24.3 Å². The summed E-state index contributed by atoms with van der Waals surface area (Å²) in [7, 11) is 0. The number of nitrogens with zero attached hydrogens (tertiary/aromatic N) is 6. The second-order valence-electron chi connectivity index (χ2n) is 14.2. The number of aliphatic hydroxyl groups excluding tert-OH is 2. The molecule has 2 aromatic heterocycles. The molecule has 2 aliphatic heterocycles. The van der Waals surface area contributed by atoms with Crippen LogP contribution in [0.1, 0.15) is 41.5 Å². The van der Waals surface area contributed by atoms with Crippen molar-refractivity contribution < 1.29 is 68.8 Å². The van der Waals surface area contributed by atoms with Gasteiger partial charge in [-0.2, -0.15) is 8.75 Å². The van der Waals surface area contributed by atoms with Gasteiger partial charge in [0.1, 0.15) is 25.4 Å². The van der Waals surface area contributed by atoms with Crippen molar-refractivity contribution in [2.24, 2.45) is 0 Å². The van der Waals surface area contributed by atoms with Gasteiger partial charge in [-0.15, -0.1) is 8.75 Å². The third kappa shape index (κ3) is 25.6. The van der Waals surface area contributed by atoms with Crippen LogP contribution in [-0.2, 0) is 28.7 Å². The predicted octanol–water partition coefficient (Wildman–Crippen LogP) is 0.429. The van der Waals surface area contributed by atoms with E-state index in [0.717, 1.165) is 61.3 Å². The number of carbonyl (C=O) groups is 4. The van der Waals surface area contributed by atoms with Gasteiger partial charge in [0.05, 0.1) is 49.9 Å². The van der Waals surface area contributed by atoms with Gasteiger partial charge in [0.2, 0.25) is 11.6 Å². The fourth-order valence-corrected chi connectivity index (χ4v) is 5.11. The smallest absolute Gasteiger partial charge is 0.328 e. The minimum Gasteiger partial charge on any atom is -0.478 e. The van der Waals surface area contributed by atoms with Gasteiger partial charge in [-0.3, -0.25) is 0 Å². The van der Waals surface area contributed by atoms with Crippen LogP contribution in [-0.4, -0.2) is 174 Å². The van der Waals surface area contributed by atoms with E-state index in [0.29, 0.717) is 75.6 Å². The number of carboxylic acids is 4. The minimum absolute atomic E-state index is 0.0257. The number of β-amino-alcohol motifs (C(OH)–C–C–N with tert-alkyl or cyclic N) is 2. The molecule has 2 fully saturated rings. The first-order valence-electron chi connectivity index (χ1n) is 17.9. The highest BCUT2D eigenvalue weighted by Crippen LogP contribution is 2.27. The molecule has 4 heterocycles. The summed E-state index contributed by atoms with van der Waals surface area (Å²) in [5, 5.41) is 57.6. The lowest BCUT2D eigenvalue weighted by Gasteiger charge is -2.27. The first kappa shape index (κ1) is 51.5. The van der Waals surface area contributed by atoms with Gasteiger partial charge in [0.25, 0.3) is 11.8 Å². The van der Waals surface area contributed by atoms with Gasteiger partial charge in [-0.05, 0) is 41.5 Å². The fraction of sp³-hybridized carbons (Fsp3) is 0.647. The predicted molar refractivity (Wildman–Crippen MR) is 213 cm³/mol. The highest BCUT2D eigenvalue weighted by Gasteiger charge is 2.22. The molecule has 0 bridgehead atoms. The Hall–Kier alpha value is -4.56. The van der Waals surface area contributed by atoms with Crippen molar-refractivity contribution in [3.8, 4) is 11.8 Å². The molecule has 328 valence electrons. The Labute approximate surface area is 344 Å². The van der Waals surface area contributed by atoms with Crippen LogP contribution < -0.4 is 29.9 Å². The molecule has 4 rings (SSSR count). The Morgan fingerprint density at radius 2 is 0.914 bits per heavy atom. The molecular formula is C34H56N8O14S2. The summed E-state index contributed by atoms with van der Waals surface area (Å²) in [6.45, 7) is 19.6. The lowest BCUT2D eigenvalue weighted by atomic mass is 10.1. The molecule has 0 saturated carbocycles. The van der Waals surface area contributed by atoms with Crippen LogP contribution in [0.25, 0.3) is 0 Å². The standard InChI is InChI=1S/2C13H24N4O3S.2C4H4O4/c2*1-13(2,3)14-8-10(18)9-20-12-11(15-21-16-12)17-4-6-19-7-5-17;2*5-3(6)1-2-4(7)8/h2*10,14,18H,4-9H2,1-3H3;2*1-2H,(H,5,6)(H,7,8)/b;;2*2-1-. The topological polar surface area (TPSA) is 309 Å². The van der Waals surface area contributed by atoms with E-state index in [4.69, 9.17) is 39.4 Å². The Morgan fingerprint density at radius 1 is 0.621 bits per heavy atom. The Bertz CT molecular complexity index is 1420. The molecule has 0 radical (unpaired) electrons. The SMILES string of the molecule is CC(C)(C)NCC(O)COc1nsnc1N1CCOCC1.CC(C)(C)NCC(O)COc1nsnc1N1CCOCC1.O=C(O)/C=C\C(=O)O.O=C(O)/C=C\C(=O)O. The number of anilines is 2. The molecule has 0 amide bonds. The number of nitrogens with one attached hydrogen (secondary N) is 2. The van der Waals surface area contributed by atoms with Crippen LogP contribution >= 0.6 is 23.5 Å². The number of aliphatic carboxylic acids is 4. The van der Waals surface area contributed by atoms with Crippen LogP contribution in [0.3, 0.4) is 0 Å². The maximum atomic E-state index is 9.95. The molecule has 22 nitrogen and oxygen atoms in total. The van der Waals surface area contributed by atoms with Gasteiger partial charge >= 0.3 is 23.9 Å². The minimum atomic E-state index is -1.26. The van der Waals surface area contributed by atoms with Crippen LogP contribution in [0.5, 0.6) is 11.8 Å². The number of aliphatic hydroxyl groups is 2. The number of hydrogen-bond donors (Lipinski definition) is 8. The summed E-state index contributed by atoms with van der Waals surface area (Å²) in [4.78, 5) is 42.4. The zero-order valence-electron chi connectivity index (χ0n) is 33.4. The highest BCUT2D eigenvalue weighted by molar-refractivity contribution is 6.99. The zero-order valence-corrected chi connectivity index (χ0v) is 35.0. The van der Waals surface area contributed by atoms with Crippen molar-refractivity contribution in [1.29, 1.82) is 0 Å². The van der Waals surface area contributed by atoms with Crippen molar-refractivity contribution in [1.82, 2.24) is 28.1 Å². The number of ether oxygens (including phenoxy) is 4. The molecule has 2 atom stereocenters. The van der Waals surface area contributed by atoms with E-state index in [1.807, 2.05) is 0 Å². The van der Waals surface area contributed by atoms with E-state index in [-0.39, 0.29) is 24.3 Å². The summed E-state index contributed by atoms with van der Waals surface area (Å²) in [5.74, 6) is -2.54. The first-order valence-corrected chi connectivity index (χ1v) is 19.3. The van der Waals surface area contributed by atoms with E-state index in [2.05, 4.69) is 79.5 Å². The molecule has 2 aliphatic rings. The van der Waals surface area contributed by atoms with Crippen LogP contribution in [0.15, 0.2) is 24.3 Å². The van der Waals surface area contributed by atoms with Crippen molar-refractivity contribution in [2.45, 2.75) is 64.8 Å². The molecular weight excluding hydrogens is 809 g/mol. The number of morpholine rings is 2. The highest BCUT2D eigenvalue weighted by atomic mass is 32.1. The van der Waals surface area contributed by atoms with Gasteiger partial charge in [0.15, 0.2) is 0 Å². The Morgan fingerprint density at radius 3 is 1.17 bits per heavy atom. The number of aromatic nitrogens is 4. The largest absolute Gasteiger partial charge is 0.478 e. The fourth-order valence-electron chi connectivity index (χ4n) is 4.07. The average Bonchev–Trinajstić information content (AvgIpc) is 3.84. The quantitative estimate of drug-likeness (QED) is 0.106. The van der Waals surface area contributed by atoms with Gasteiger partial charge in [-0.25, -0.2) is 19.2 Å². The summed E-state index contributed by atoms with van der Waals surface area (Å²) < 4.78 is 38.8. The van der Waals surface area contributed by atoms with Gasteiger partial charge in [0, 0.05) is 74.7 Å². The number of hydrogen-bond acceptors (Lipinski definition) is 20. The van der Waals surface area contributed by atoms with Gasteiger partial charge in [-0.1, -0.05) is 0 Å². The van der Waals surface area contributed by atoms with Crippen molar-refractivity contribution in [2.75, 3.05) is 88.7 Å². The monoisotopic (exact) mass is 864 g/mol. The average molecular weight is 865 g/mol. The van der Waals surface area contributed by atoms with E-state index in [1.54, 1.807) is 0 Å². The third-order valence-electron chi connectivity index (χ3n) is 6.80. The lowest BCUT2D eigenvalue weighted by molar-refractivity contribution is -0.134. The molecule has 0 spiro atoms. The van der Waals surface area contributed by atoms with Crippen molar-refractivity contribution in [3.63, 3.8) is 0 Å². The van der Waals surface area contributed by atoms with Crippen LogP contribution in [0, 0.1) is 0 Å². The molecule has 2 unspecified atom stereocenters. The zero-order chi connectivity index (χ0) is 43.7. The normalized spacial score (nSPS) is 15.5. The Kier molecular flexibility index (Phi) is 24.1. The van der Waals surface area contributed by atoms with Crippen LogP contribution in [0.4, 0.5) is 11.6 Å². The van der Waals surface area contributed by atoms with Crippen LogP contribution in [0.2, 0.25) is 0 Å². The molecule has 58 heavy (non-hydrogen) atoms. The van der Waals surface area contributed by atoms with E-state index in [1.165, 1.54) is 0 Å². The second kappa shape index (κ2) is 27.2. The summed E-state index contributed by atoms with van der Waals surface area (Å²) >= 11 is 2.25. The first-order chi connectivity index (χ1) is 27.2. The molecule has 2 aromatic rings. The lowest BCUT2D eigenvalue weighted by Crippen LogP contribution is -2.42. The number of rotatable bonds is 16. The van der Waals surface area contributed by atoms with E-state index >= 15 is 0 Å². The van der Waals surface area contributed by atoms with E-state index < -0.39 is 36.1 Å². The maximum Gasteiger partial charge on any atom is 0.328 e. The maximum absolute atomic E-state index is 9.95. The third-order valence-corrected chi connectivity index (χ3v) is 7.81. The van der Waals surface area contributed by atoms with E-state index in [9.17, 15) is 29.4 Å². The summed E-state index contributed by atoms with van der Waals surface area (Å²) in [5.41, 5.74) is -0.0513. The Balaban J connectivity index is 0.000000426.